The molecular weight excluding hydrogens is 306 g/mol. The van der Waals surface area contributed by atoms with Gasteiger partial charge in [0.05, 0.1) is 18.9 Å². The number of nitrogens with one attached hydrogen (secondary N) is 2. The number of carbonyl (C=O) groups is 2. The van der Waals surface area contributed by atoms with Gasteiger partial charge in [0.15, 0.2) is 0 Å². The smallest absolute Gasteiger partial charge is 0.312 e. The van der Waals surface area contributed by atoms with Gasteiger partial charge in [-0.05, 0) is 35.9 Å². The molecule has 1 aromatic heterocycles. The van der Waals surface area contributed by atoms with Crippen LogP contribution in [0.4, 0.5) is 0 Å². The number of fused-ring (bicyclic) bond motifs is 1. The maximum absolute atomic E-state index is 12.2. The normalized spacial score (nSPS) is 10.9. The minimum Gasteiger partial charge on any atom is -0.497 e. The van der Waals surface area contributed by atoms with E-state index in [1.807, 2.05) is 18.2 Å². The van der Waals surface area contributed by atoms with Gasteiger partial charge in [-0.15, -0.1) is 0 Å². The number of hydrogen-bond acceptors (Lipinski definition) is 4. The Morgan fingerprint density at radius 2 is 1.88 bits per heavy atom. The zero-order chi connectivity index (χ0) is 16.9. The quantitative estimate of drug-likeness (QED) is 0.328. The number of para-hydroxylation sites is 1. The molecule has 0 radical (unpaired) electrons. The van der Waals surface area contributed by atoms with Crippen LogP contribution in [-0.2, 0) is 4.79 Å². The average Bonchev–Trinajstić information content (AvgIpc) is 3.05. The number of Topliss-reactive ketones (excluding diaryl/α,β-unsaturated/α-hetero) is 1. The predicted octanol–water partition coefficient (Wildman–Crippen LogP) is 2.51. The fourth-order valence-corrected chi connectivity index (χ4v) is 2.29. The molecule has 120 valence electrons. The summed E-state index contributed by atoms with van der Waals surface area (Å²) in [6, 6.07) is 14.4. The molecule has 3 aromatic rings. The molecule has 0 fully saturated rings. The maximum atomic E-state index is 12.2. The Morgan fingerprint density at radius 1 is 1.12 bits per heavy atom. The van der Waals surface area contributed by atoms with Crippen molar-refractivity contribution in [3.63, 3.8) is 0 Å². The molecule has 1 amide bonds. The lowest BCUT2D eigenvalue weighted by atomic mass is 10.1. The third kappa shape index (κ3) is 3.17. The molecule has 0 unspecified atom stereocenters. The van der Waals surface area contributed by atoms with E-state index in [0.29, 0.717) is 10.9 Å². The molecule has 24 heavy (non-hydrogen) atoms. The van der Waals surface area contributed by atoms with Crippen molar-refractivity contribution < 1.29 is 14.3 Å². The van der Waals surface area contributed by atoms with Gasteiger partial charge in [0, 0.05) is 17.1 Å². The number of amides is 1. The number of aromatic amines is 1. The van der Waals surface area contributed by atoms with Gasteiger partial charge in [0.25, 0.3) is 5.78 Å². The summed E-state index contributed by atoms with van der Waals surface area (Å²) in [6.07, 6.45) is 2.99. The molecule has 2 aromatic carbocycles. The summed E-state index contributed by atoms with van der Waals surface area (Å²) in [5.74, 6) is -0.699. The lowest BCUT2D eigenvalue weighted by Gasteiger charge is -2.00. The number of H-pyrrole nitrogens is 1. The maximum Gasteiger partial charge on any atom is 0.312 e. The minimum absolute atomic E-state index is 0.322. The van der Waals surface area contributed by atoms with Crippen molar-refractivity contribution in [2.75, 3.05) is 7.11 Å². The van der Waals surface area contributed by atoms with Crippen molar-refractivity contribution >= 4 is 28.8 Å². The molecule has 0 spiro atoms. The summed E-state index contributed by atoms with van der Waals surface area (Å²) < 4.78 is 5.06. The Kier molecular flexibility index (Phi) is 4.38. The van der Waals surface area contributed by atoms with E-state index >= 15 is 0 Å². The van der Waals surface area contributed by atoms with Crippen molar-refractivity contribution in [3.8, 4) is 5.75 Å². The monoisotopic (exact) mass is 321 g/mol. The van der Waals surface area contributed by atoms with Crippen molar-refractivity contribution in [2.24, 2.45) is 5.10 Å². The van der Waals surface area contributed by atoms with Crippen LogP contribution >= 0.6 is 0 Å². The fraction of sp³-hybridized carbons (Fsp3) is 0.0556. The van der Waals surface area contributed by atoms with Gasteiger partial charge in [0.1, 0.15) is 5.75 Å². The van der Waals surface area contributed by atoms with E-state index < -0.39 is 11.7 Å². The Bertz CT molecular complexity index is 911. The van der Waals surface area contributed by atoms with Crippen molar-refractivity contribution in [1.82, 2.24) is 10.4 Å². The molecule has 6 nitrogen and oxygen atoms in total. The molecule has 0 saturated heterocycles. The average molecular weight is 321 g/mol. The van der Waals surface area contributed by atoms with E-state index in [2.05, 4.69) is 15.5 Å². The first-order valence-corrected chi connectivity index (χ1v) is 7.27. The molecule has 0 aliphatic heterocycles. The minimum atomic E-state index is -0.787. The number of hydrogen-bond donors (Lipinski definition) is 2. The standard InChI is InChI=1S/C18H15N3O3/c1-24-13-8-6-12(7-9-13)10-20-21-18(23)17(22)15-11-19-16-5-3-2-4-14(15)16/h2-11,19H,1H3,(H,21,23)/b20-10+. The molecule has 2 N–H and O–H groups in total. The van der Waals surface area contributed by atoms with Crippen LogP contribution < -0.4 is 10.2 Å². The second kappa shape index (κ2) is 6.78. The molecule has 0 saturated carbocycles. The fourth-order valence-electron chi connectivity index (χ4n) is 2.29. The highest BCUT2D eigenvalue weighted by molar-refractivity contribution is 6.44. The highest BCUT2D eigenvalue weighted by Gasteiger charge is 2.19. The second-order valence-electron chi connectivity index (χ2n) is 5.05. The van der Waals surface area contributed by atoms with Crippen LogP contribution in [0.5, 0.6) is 5.75 Å². The highest BCUT2D eigenvalue weighted by Crippen LogP contribution is 2.18. The molecule has 3 rings (SSSR count). The first-order chi connectivity index (χ1) is 11.7. The highest BCUT2D eigenvalue weighted by atomic mass is 16.5. The molecule has 0 aliphatic carbocycles. The van der Waals surface area contributed by atoms with Crippen LogP contribution in [0.15, 0.2) is 59.8 Å². The molecular formula is C18H15N3O3. The Balaban J connectivity index is 1.68. The van der Waals surface area contributed by atoms with Gasteiger partial charge >= 0.3 is 5.91 Å². The SMILES string of the molecule is COc1ccc(/C=N/NC(=O)C(=O)c2c[nH]c3ccccc23)cc1. The van der Waals surface area contributed by atoms with Gasteiger partial charge in [-0.2, -0.15) is 5.10 Å². The van der Waals surface area contributed by atoms with Crippen LogP contribution in [-0.4, -0.2) is 30.0 Å². The van der Waals surface area contributed by atoms with Gasteiger partial charge in [-0.1, -0.05) is 18.2 Å². The summed E-state index contributed by atoms with van der Waals surface area (Å²) >= 11 is 0. The van der Waals surface area contributed by atoms with E-state index in [1.165, 1.54) is 12.4 Å². The Labute approximate surface area is 138 Å². The van der Waals surface area contributed by atoms with Crippen molar-refractivity contribution in [3.05, 3.63) is 65.9 Å². The third-order valence-electron chi connectivity index (χ3n) is 3.54. The summed E-state index contributed by atoms with van der Waals surface area (Å²) in [5.41, 5.74) is 4.15. The number of ketones is 1. The van der Waals surface area contributed by atoms with Crippen LogP contribution in [0.1, 0.15) is 15.9 Å². The number of hydrazone groups is 1. The zero-order valence-corrected chi connectivity index (χ0v) is 12.9. The van der Waals surface area contributed by atoms with Crippen LogP contribution in [0, 0.1) is 0 Å². The van der Waals surface area contributed by atoms with Gasteiger partial charge in [0.2, 0.25) is 0 Å². The van der Waals surface area contributed by atoms with Crippen LogP contribution in [0.25, 0.3) is 10.9 Å². The van der Waals surface area contributed by atoms with E-state index in [4.69, 9.17) is 4.74 Å². The summed E-state index contributed by atoms with van der Waals surface area (Å²) in [6.45, 7) is 0. The van der Waals surface area contributed by atoms with Gasteiger partial charge < -0.3 is 9.72 Å². The van der Waals surface area contributed by atoms with Gasteiger partial charge in [-0.25, -0.2) is 5.43 Å². The zero-order valence-electron chi connectivity index (χ0n) is 12.9. The molecule has 0 aliphatic rings. The number of benzene rings is 2. The van der Waals surface area contributed by atoms with E-state index in [1.54, 1.807) is 37.4 Å². The summed E-state index contributed by atoms with van der Waals surface area (Å²) in [5, 5.41) is 4.52. The van der Waals surface area contributed by atoms with E-state index in [9.17, 15) is 9.59 Å². The summed E-state index contributed by atoms with van der Waals surface area (Å²) in [4.78, 5) is 27.2. The molecule has 6 heteroatoms. The van der Waals surface area contributed by atoms with Crippen molar-refractivity contribution in [1.29, 1.82) is 0 Å². The number of rotatable bonds is 5. The molecule has 1 heterocycles. The number of methoxy groups -OCH3 is 1. The number of ether oxygens (including phenoxy) is 1. The molecule has 0 bridgehead atoms. The first-order valence-electron chi connectivity index (χ1n) is 7.27. The van der Waals surface area contributed by atoms with Crippen molar-refractivity contribution in [2.45, 2.75) is 0 Å². The number of aromatic nitrogens is 1. The van der Waals surface area contributed by atoms with Crippen LogP contribution in [0.2, 0.25) is 0 Å². The Hall–Kier alpha value is -3.41. The second-order valence-corrected chi connectivity index (χ2v) is 5.05. The van der Waals surface area contributed by atoms with E-state index in [0.717, 1.165) is 16.8 Å². The first kappa shape index (κ1) is 15.5. The van der Waals surface area contributed by atoms with Gasteiger partial charge in [-0.3, -0.25) is 9.59 Å². The lowest BCUT2D eigenvalue weighted by molar-refractivity contribution is -0.116. The Morgan fingerprint density at radius 3 is 2.62 bits per heavy atom. The molecule has 0 atom stereocenters. The lowest BCUT2D eigenvalue weighted by Crippen LogP contribution is -2.27. The topological polar surface area (TPSA) is 83.5 Å². The largest absolute Gasteiger partial charge is 0.497 e. The number of carbonyl (C=O) groups excluding carboxylic acids is 2. The van der Waals surface area contributed by atoms with Crippen LogP contribution in [0.3, 0.4) is 0 Å². The predicted molar refractivity (Wildman–Crippen MR) is 91.4 cm³/mol. The number of nitrogens with zero attached hydrogens (tertiary/aromatic N) is 1. The van der Waals surface area contributed by atoms with E-state index in [-0.39, 0.29) is 0 Å². The third-order valence-corrected chi connectivity index (χ3v) is 3.54. The summed E-state index contributed by atoms with van der Waals surface area (Å²) in [7, 11) is 1.58.